The topological polar surface area (TPSA) is 47.9 Å². The Bertz CT molecular complexity index is 809. The minimum Gasteiger partial charge on any atom is -0.297 e. The van der Waals surface area contributed by atoms with E-state index in [0.29, 0.717) is 12.3 Å². The average Bonchev–Trinajstić information content (AvgIpc) is 2.70. The Morgan fingerprint density at radius 3 is 2.25 bits per heavy atom. The third-order valence-electron chi connectivity index (χ3n) is 4.97. The van der Waals surface area contributed by atoms with Gasteiger partial charge in [-0.25, -0.2) is 9.82 Å². The zero-order valence-electron chi connectivity index (χ0n) is 16.5. The molecule has 2 aromatic carbocycles. The van der Waals surface area contributed by atoms with Gasteiger partial charge in [0.25, 0.3) is 5.91 Å². The van der Waals surface area contributed by atoms with E-state index in [1.165, 1.54) is 23.3 Å². The second-order valence-electron chi connectivity index (χ2n) is 7.28. The van der Waals surface area contributed by atoms with E-state index in [0.717, 1.165) is 38.3 Å². The fourth-order valence-electron chi connectivity index (χ4n) is 3.20. The van der Waals surface area contributed by atoms with Gasteiger partial charge < -0.3 is 0 Å². The maximum absolute atomic E-state index is 13.0. The van der Waals surface area contributed by atoms with E-state index in [1.54, 1.807) is 19.1 Å². The molecule has 6 heteroatoms. The molecule has 1 saturated heterocycles. The molecule has 1 N–H and O–H groups in total. The number of nitrogens with zero attached hydrogens (tertiary/aromatic N) is 3. The van der Waals surface area contributed by atoms with Gasteiger partial charge in [-0.15, -0.1) is 0 Å². The molecule has 0 radical (unpaired) electrons. The molecule has 1 aliphatic heterocycles. The molecule has 0 spiro atoms. The van der Waals surface area contributed by atoms with Crippen LogP contribution in [-0.2, 0) is 11.3 Å². The third kappa shape index (κ3) is 5.97. The van der Waals surface area contributed by atoms with E-state index >= 15 is 0 Å². The van der Waals surface area contributed by atoms with Crippen LogP contribution in [0.3, 0.4) is 0 Å². The number of hydrazone groups is 1. The second-order valence-corrected chi connectivity index (χ2v) is 7.28. The molecule has 0 unspecified atom stereocenters. The van der Waals surface area contributed by atoms with Gasteiger partial charge in [0, 0.05) is 32.7 Å². The Labute approximate surface area is 165 Å². The number of piperazine rings is 1. The molecular weight excluding hydrogens is 355 g/mol. The van der Waals surface area contributed by atoms with Crippen molar-refractivity contribution >= 4 is 11.6 Å². The molecule has 148 valence electrons. The summed E-state index contributed by atoms with van der Waals surface area (Å²) in [5.74, 6) is -0.421. The van der Waals surface area contributed by atoms with Crippen molar-refractivity contribution in [1.82, 2.24) is 15.2 Å². The maximum Gasteiger partial charge on any atom is 0.254 e. The second kappa shape index (κ2) is 9.57. The Morgan fingerprint density at radius 2 is 1.61 bits per heavy atom. The number of rotatable bonds is 6. The number of hydrogen-bond donors (Lipinski definition) is 1. The highest BCUT2D eigenvalue weighted by Crippen LogP contribution is 2.10. The van der Waals surface area contributed by atoms with Gasteiger partial charge in [-0.1, -0.05) is 42.0 Å². The quantitative estimate of drug-likeness (QED) is 0.617. The number of nitrogens with one attached hydrogen (secondary N) is 1. The Hall–Kier alpha value is -2.57. The number of benzene rings is 2. The van der Waals surface area contributed by atoms with Crippen LogP contribution in [0.25, 0.3) is 0 Å². The maximum atomic E-state index is 13.0. The van der Waals surface area contributed by atoms with E-state index in [4.69, 9.17) is 0 Å². The fourth-order valence-corrected chi connectivity index (χ4v) is 3.20. The fraction of sp³-hybridized carbons (Fsp3) is 0.364. The van der Waals surface area contributed by atoms with Gasteiger partial charge in [0.1, 0.15) is 5.82 Å². The summed E-state index contributed by atoms with van der Waals surface area (Å²) in [5.41, 5.74) is 6.63. The highest BCUT2D eigenvalue weighted by molar-refractivity contribution is 5.99. The van der Waals surface area contributed by atoms with Crippen LogP contribution in [0.15, 0.2) is 53.6 Å². The average molecular weight is 382 g/mol. The van der Waals surface area contributed by atoms with Gasteiger partial charge in [-0.2, -0.15) is 5.10 Å². The van der Waals surface area contributed by atoms with Crippen molar-refractivity contribution in [2.24, 2.45) is 5.10 Å². The predicted molar refractivity (Wildman–Crippen MR) is 110 cm³/mol. The van der Waals surface area contributed by atoms with Crippen molar-refractivity contribution < 1.29 is 9.18 Å². The molecular formula is C22H27FN4O. The molecule has 0 bridgehead atoms. The lowest BCUT2D eigenvalue weighted by atomic mass is 10.1. The molecule has 1 fully saturated rings. The summed E-state index contributed by atoms with van der Waals surface area (Å²) in [4.78, 5) is 16.7. The highest BCUT2D eigenvalue weighted by atomic mass is 19.1. The van der Waals surface area contributed by atoms with Gasteiger partial charge in [0.05, 0.1) is 12.3 Å². The zero-order chi connectivity index (χ0) is 19.9. The lowest BCUT2D eigenvalue weighted by molar-refractivity contribution is -0.122. The summed E-state index contributed by atoms with van der Waals surface area (Å²) in [5, 5.41) is 4.12. The minimum atomic E-state index is -0.290. The number of hydrogen-bond acceptors (Lipinski definition) is 4. The van der Waals surface area contributed by atoms with Crippen molar-refractivity contribution in [3.05, 3.63) is 71.0 Å². The molecule has 1 aliphatic rings. The van der Waals surface area contributed by atoms with Crippen molar-refractivity contribution in [2.75, 3.05) is 32.7 Å². The minimum absolute atomic E-state index is 0.131. The lowest BCUT2D eigenvalue weighted by Gasteiger charge is -2.34. The summed E-state index contributed by atoms with van der Waals surface area (Å²) in [6.07, 6.45) is 0. The van der Waals surface area contributed by atoms with E-state index in [1.807, 2.05) is 0 Å². The van der Waals surface area contributed by atoms with Crippen LogP contribution >= 0.6 is 0 Å². The Kier molecular flexibility index (Phi) is 6.90. The van der Waals surface area contributed by atoms with Crippen molar-refractivity contribution in [2.45, 2.75) is 20.4 Å². The van der Waals surface area contributed by atoms with E-state index in [-0.39, 0.29) is 11.7 Å². The number of carbonyl (C=O) groups is 1. The SMILES string of the molecule is CC(=NNC(=O)CN1CCN(Cc2ccc(C)cc2)CC1)c1ccc(F)cc1. The Morgan fingerprint density at radius 1 is 1.00 bits per heavy atom. The molecule has 0 aromatic heterocycles. The van der Waals surface area contributed by atoms with E-state index in [2.05, 4.69) is 51.5 Å². The summed E-state index contributed by atoms with van der Waals surface area (Å²) < 4.78 is 13.0. The molecule has 3 rings (SSSR count). The number of carbonyl (C=O) groups excluding carboxylic acids is 1. The monoisotopic (exact) mass is 382 g/mol. The van der Waals surface area contributed by atoms with E-state index < -0.39 is 0 Å². The molecule has 1 heterocycles. The molecule has 0 atom stereocenters. The standard InChI is InChI=1S/C22H27FN4O/c1-17-3-5-19(6-4-17)15-26-11-13-27(14-12-26)16-22(28)25-24-18(2)20-7-9-21(23)10-8-20/h3-10H,11-16H2,1-2H3,(H,25,28). The summed E-state index contributed by atoms with van der Waals surface area (Å²) >= 11 is 0. The number of halogens is 1. The molecule has 28 heavy (non-hydrogen) atoms. The normalized spacial score (nSPS) is 16.2. The van der Waals surface area contributed by atoms with Crippen LogP contribution in [-0.4, -0.2) is 54.1 Å². The highest BCUT2D eigenvalue weighted by Gasteiger charge is 2.19. The van der Waals surface area contributed by atoms with Crippen LogP contribution < -0.4 is 5.43 Å². The molecule has 2 aromatic rings. The van der Waals surface area contributed by atoms with Gasteiger partial charge >= 0.3 is 0 Å². The van der Waals surface area contributed by atoms with Crippen LogP contribution in [0.2, 0.25) is 0 Å². The first-order valence-corrected chi connectivity index (χ1v) is 9.59. The van der Waals surface area contributed by atoms with Crippen LogP contribution in [0, 0.1) is 12.7 Å². The largest absolute Gasteiger partial charge is 0.297 e. The van der Waals surface area contributed by atoms with E-state index in [9.17, 15) is 9.18 Å². The first-order valence-electron chi connectivity index (χ1n) is 9.59. The first kappa shape index (κ1) is 20.2. The summed E-state index contributed by atoms with van der Waals surface area (Å²) in [6.45, 7) is 8.77. The third-order valence-corrected chi connectivity index (χ3v) is 4.97. The summed E-state index contributed by atoms with van der Waals surface area (Å²) in [7, 11) is 0. The van der Waals surface area contributed by atoms with Crippen molar-refractivity contribution in [3.8, 4) is 0 Å². The van der Waals surface area contributed by atoms with Gasteiger partial charge in [-0.3, -0.25) is 14.6 Å². The smallest absolute Gasteiger partial charge is 0.254 e. The van der Waals surface area contributed by atoms with Gasteiger partial charge in [0.15, 0.2) is 0 Å². The van der Waals surface area contributed by atoms with Gasteiger partial charge in [0.2, 0.25) is 0 Å². The number of amides is 1. The zero-order valence-corrected chi connectivity index (χ0v) is 16.5. The first-order chi connectivity index (χ1) is 13.5. The van der Waals surface area contributed by atoms with Crippen LogP contribution in [0.5, 0.6) is 0 Å². The van der Waals surface area contributed by atoms with Gasteiger partial charge in [-0.05, 0) is 37.1 Å². The van der Waals surface area contributed by atoms with Crippen LogP contribution in [0.1, 0.15) is 23.6 Å². The Balaban J connectivity index is 1.41. The lowest BCUT2D eigenvalue weighted by Crippen LogP contribution is -2.48. The molecule has 0 aliphatic carbocycles. The van der Waals surface area contributed by atoms with Crippen molar-refractivity contribution in [3.63, 3.8) is 0 Å². The molecule has 5 nitrogen and oxygen atoms in total. The molecule has 1 amide bonds. The molecule has 0 saturated carbocycles. The number of aryl methyl sites for hydroxylation is 1. The predicted octanol–water partition coefficient (Wildman–Crippen LogP) is 2.79. The van der Waals surface area contributed by atoms with Crippen LogP contribution in [0.4, 0.5) is 4.39 Å². The van der Waals surface area contributed by atoms with Crippen molar-refractivity contribution in [1.29, 1.82) is 0 Å². The summed E-state index contributed by atoms with van der Waals surface area (Å²) in [6, 6.07) is 14.7.